The van der Waals surface area contributed by atoms with Gasteiger partial charge in [-0.3, -0.25) is 4.79 Å². The highest BCUT2D eigenvalue weighted by Gasteiger charge is 2.19. The van der Waals surface area contributed by atoms with Crippen LogP contribution in [0.1, 0.15) is 51.8 Å². The van der Waals surface area contributed by atoms with Gasteiger partial charge in [0.2, 0.25) is 0 Å². The predicted octanol–water partition coefficient (Wildman–Crippen LogP) is 4.05. The molecule has 1 amide bonds. The third-order valence-electron chi connectivity index (χ3n) is 5.16. The van der Waals surface area contributed by atoms with E-state index in [0.29, 0.717) is 21.9 Å². The maximum atomic E-state index is 12.7. The molecule has 0 radical (unpaired) electrons. The van der Waals surface area contributed by atoms with Crippen molar-refractivity contribution in [3.63, 3.8) is 0 Å². The van der Waals surface area contributed by atoms with Crippen LogP contribution in [-0.2, 0) is 13.1 Å². The second-order valence-corrected chi connectivity index (χ2v) is 8.53. The van der Waals surface area contributed by atoms with E-state index in [1.54, 1.807) is 0 Å². The van der Waals surface area contributed by atoms with Crippen molar-refractivity contribution in [2.45, 2.75) is 46.7 Å². The summed E-state index contributed by atoms with van der Waals surface area (Å²) in [6, 6.07) is 8.38. The van der Waals surface area contributed by atoms with E-state index in [4.69, 9.17) is 5.73 Å². The van der Waals surface area contributed by atoms with Gasteiger partial charge in [0.15, 0.2) is 0 Å². The van der Waals surface area contributed by atoms with Gasteiger partial charge in [0.05, 0.1) is 11.4 Å². The molecule has 0 atom stereocenters. The average Bonchev–Trinajstić information content (AvgIpc) is 3.05. The van der Waals surface area contributed by atoms with E-state index in [1.165, 1.54) is 29.7 Å². The summed E-state index contributed by atoms with van der Waals surface area (Å²) in [6.07, 6.45) is 2.42. The molecule has 0 unspecified atom stereocenters. The van der Waals surface area contributed by atoms with Gasteiger partial charge < -0.3 is 16.0 Å². The van der Waals surface area contributed by atoms with Crippen molar-refractivity contribution >= 4 is 33.1 Å². The molecular weight excluding hydrogens is 382 g/mol. The average molecular weight is 412 g/mol. The fourth-order valence-corrected chi connectivity index (χ4v) is 4.27. The number of fused-ring (bicyclic) bond motifs is 1. The summed E-state index contributed by atoms with van der Waals surface area (Å²) in [7, 11) is 2.15. The summed E-state index contributed by atoms with van der Waals surface area (Å²) in [5, 5.41) is 12.1. The molecule has 0 bridgehead atoms. The Hall–Kier alpha value is -2.51. The van der Waals surface area contributed by atoms with Gasteiger partial charge in [0, 0.05) is 18.5 Å². The van der Waals surface area contributed by atoms with E-state index in [-0.39, 0.29) is 5.91 Å². The number of anilines is 1. The van der Waals surface area contributed by atoms with Crippen LogP contribution in [0.15, 0.2) is 24.3 Å². The maximum Gasteiger partial charge on any atom is 0.263 e. The normalized spacial score (nSPS) is 11.3. The number of aromatic nitrogens is 2. The first-order chi connectivity index (χ1) is 13.9. The molecular formula is C22H29N5OS. The molecule has 0 aliphatic rings. The molecule has 2 heterocycles. The van der Waals surface area contributed by atoms with Crippen LogP contribution in [0.3, 0.4) is 0 Å². The van der Waals surface area contributed by atoms with E-state index in [0.717, 1.165) is 35.3 Å². The second-order valence-electron chi connectivity index (χ2n) is 7.53. The van der Waals surface area contributed by atoms with Crippen LogP contribution < -0.4 is 11.1 Å². The minimum Gasteiger partial charge on any atom is -0.397 e. The summed E-state index contributed by atoms with van der Waals surface area (Å²) in [5.74, 6) is -0.175. The highest BCUT2D eigenvalue weighted by atomic mass is 32.1. The fraction of sp³-hybridized carbons (Fsp3) is 0.409. The van der Waals surface area contributed by atoms with Crippen molar-refractivity contribution < 1.29 is 4.79 Å². The number of hydrogen-bond donors (Lipinski definition) is 2. The number of thiophene rings is 1. The van der Waals surface area contributed by atoms with E-state index < -0.39 is 0 Å². The van der Waals surface area contributed by atoms with E-state index in [9.17, 15) is 4.79 Å². The molecule has 3 N–H and O–H groups in total. The highest BCUT2D eigenvalue weighted by Crippen LogP contribution is 2.34. The van der Waals surface area contributed by atoms with Crippen LogP contribution in [-0.4, -0.2) is 34.6 Å². The quantitative estimate of drug-likeness (QED) is 0.584. The topological polar surface area (TPSA) is 84.1 Å². The molecule has 154 valence electrons. The number of carbonyl (C=O) groups is 1. The van der Waals surface area contributed by atoms with Crippen LogP contribution in [0.4, 0.5) is 5.69 Å². The molecule has 0 saturated carbocycles. The van der Waals surface area contributed by atoms with Gasteiger partial charge in [-0.05, 0) is 50.6 Å². The number of nitrogens with two attached hydrogens (primary N) is 1. The van der Waals surface area contributed by atoms with Gasteiger partial charge >= 0.3 is 0 Å². The highest BCUT2D eigenvalue weighted by molar-refractivity contribution is 7.21. The molecule has 6 nitrogen and oxygen atoms in total. The van der Waals surface area contributed by atoms with Gasteiger partial charge in [-0.15, -0.1) is 16.4 Å². The molecule has 3 rings (SSSR count). The lowest BCUT2D eigenvalue weighted by atomic mass is 10.1. The summed E-state index contributed by atoms with van der Waals surface area (Å²) >= 11 is 1.29. The summed E-state index contributed by atoms with van der Waals surface area (Å²) in [6.45, 7) is 8.56. The molecule has 0 aliphatic heterocycles. The lowest BCUT2D eigenvalue weighted by Crippen LogP contribution is -2.22. The first-order valence-corrected chi connectivity index (χ1v) is 10.8. The van der Waals surface area contributed by atoms with E-state index in [1.807, 2.05) is 13.8 Å². The molecule has 29 heavy (non-hydrogen) atoms. The molecule has 3 aromatic rings. The summed E-state index contributed by atoms with van der Waals surface area (Å²) in [4.78, 5) is 16.2. The summed E-state index contributed by atoms with van der Waals surface area (Å²) < 4.78 is 0. The van der Waals surface area contributed by atoms with Crippen molar-refractivity contribution in [3.05, 3.63) is 51.5 Å². The monoisotopic (exact) mass is 411 g/mol. The minimum atomic E-state index is -0.175. The van der Waals surface area contributed by atoms with Gasteiger partial charge in [0.25, 0.3) is 5.91 Å². The Labute approximate surface area is 176 Å². The Morgan fingerprint density at radius 3 is 2.55 bits per heavy atom. The van der Waals surface area contributed by atoms with Gasteiger partial charge in [-0.2, -0.15) is 5.10 Å². The zero-order valence-electron chi connectivity index (χ0n) is 17.6. The van der Waals surface area contributed by atoms with Crippen molar-refractivity contribution in [2.75, 3.05) is 19.3 Å². The van der Waals surface area contributed by atoms with Crippen LogP contribution >= 0.6 is 11.3 Å². The van der Waals surface area contributed by atoms with Gasteiger partial charge in [0.1, 0.15) is 9.71 Å². The van der Waals surface area contributed by atoms with Crippen LogP contribution in [0.2, 0.25) is 0 Å². The number of rotatable bonds is 8. The molecule has 0 fully saturated rings. The number of hydrogen-bond acceptors (Lipinski definition) is 6. The third-order valence-corrected chi connectivity index (χ3v) is 6.25. The van der Waals surface area contributed by atoms with Gasteiger partial charge in [-0.25, -0.2) is 0 Å². The number of nitrogens with zero attached hydrogens (tertiary/aromatic N) is 3. The Bertz CT molecular complexity index is 997. The number of nitrogen functional groups attached to an aromatic ring is 1. The van der Waals surface area contributed by atoms with Crippen molar-refractivity contribution in [2.24, 2.45) is 0 Å². The Morgan fingerprint density at radius 1 is 1.17 bits per heavy atom. The van der Waals surface area contributed by atoms with Crippen LogP contribution in [0, 0.1) is 13.8 Å². The van der Waals surface area contributed by atoms with Gasteiger partial charge in [-0.1, -0.05) is 37.6 Å². The Balaban J connectivity index is 1.63. The minimum absolute atomic E-state index is 0.175. The second kappa shape index (κ2) is 9.33. The van der Waals surface area contributed by atoms with Crippen molar-refractivity contribution in [1.29, 1.82) is 0 Å². The van der Waals surface area contributed by atoms with Crippen molar-refractivity contribution in [3.8, 4) is 0 Å². The smallest absolute Gasteiger partial charge is 0.263 e. The lowest BCUT2D eigenvalue weighted by molar-refractivity contribution is 0.0956. The first-order valence-electron chi connectivity index (χ1n) is 9.97. The van der Waals surface area contributed by atoms with Crippen molar-refractivity contribution in [1.82, 2.24) is 20.4 Å². The molecule has 1 aromatic carbocycles. The predicted molar refractivity (Wildman–Crippen MR) is 120 cm³/mol. The zero-order valence-corrected chi connectivity index (χ0v) is 18.4. The van der Waals surface area contributed by atoms with Crippen LogP contribution in [0.25, 0.3) is 10.2 Å². The largest absolute Gasteiger partial charge is 0.397 e. The van der Waals surface area contributed by atoms with Crippen LogP contribution in [0.5, 0.6) is 0 Å². The van der Waals surface area contributed by atoms with E-state index >= 15 is 0 Å². The number of benzene rings is 1. The fourth-order valence-electron chi connectivity index (χ4n) is 3.25. The number of carbonyl (C=O) groups excluding carboxylic acids is 1. The maximum absolute atomic E-state index is 12.7. The lowest BCUT2D eigenvalue weighted by Gasteiger charge is -2.16. The molecule has 0 aliphatic carbocycles. The number of aryl methyl sites for hydroxylation is 2. The molecule has 7 heteroatoms. The zero-order chi connectivity index (χ0) is 21.0. The number of unbranched alkanes of at least 4 members (excludes halogenated alkanes) is 1. The third kappa shape index (κ3) is 4.92. The molecule has 2 aromatic heterocycles. The van der Waals surface area contributed by atoms with E-state index in [2.05, 4.69) is 58.7 Å². The standard InChI is InChI=1S/C22H29N5OS/c1-5-6-11-27(4)13-17-9-7-16(8-10-17)12-24-21(28)20-19(23)18-14(2)15(3)25-26-22(18)29-20/h7-10H,5-6,11-13,23H2,1-4H3,(H,24,28). The molecule has 0 saturated heterocycles. The summed E-state index contributed by atoms with van der Waals surface area (Å²) in [5.41, 5.74) is 10.9. The number of nitrogens with one attached hydrogen (secondary N) is 1. The molecule has 0 spiro atoms. The first kappa shape index (κ1) is 21.2. The Morgan fingerprint density at radius 2 is 1.86 bits per heavy atom. The SMILES string of the molecule is CCCCN(C)Cc1ccc(CNC(=O)c2sc3nnc(C)c(C)c3c2N)cc1. The number of amides is 1. The Kier molecular flexibility index (Phi) is 6.82.